The molecule has 0 aliphatic heterocycles. The number of allylic oxidation sites excluding steroid dienone is 1. The van der Waals surface area contributed by atoms with E-state index in [-0.39, 0.29) is 11.7 Å². The van der Waals surface area contributed by atoms with Gasteiger partial charge >= 0.3 is 0 Å². The number of hydrogen-bond donors (Lipinski definition) is 1. The van der Waals surface area contributed by atoms with Gasteiger partial charge in [-0.05, 0) is 25.0 Å². The third-order valence-electron chi connectivity index (χ3n) is 5.30. The second kappa shape index (κ2) is 8.11. The Morgan fingerprint density at radius 2 is 2.13 bits per heavy atom. The Morgan fingerprint density at radius 3 is 2.90 bits per heavy atom. The fourth-order valence-electron chi connectivity index (χ4n) is 3.69. The van der Waals surface area contributed by atoms with Crippen molar-refractivity contribution in [3.05, 3.63) is 54.9 Å². The van der Waals surface area contributed by atoms with Crippen molar-refractivity contribution in [1.82, 2.24) is 14.8 Å². The summed E-state index contributed by atoms with van der Waals surface area (Å²) in [5.41, 5.74) is 2.07. The van der Waals surface area contributed by atoms with Crippen molar-refractivity contribution in [2.24, 2.45) is 0 Å². The van der Waals surface area contributed by atoms with Crippen LogP contribution in [0.3, 0.4) is 0 Å². The Labute approximate surface area is 183 Å². The van der Waals surface area contributed by atoms with Crippen molar-refractivity contribution < 1.29 is 13.9 Å². The lowest BCUT2D eigenvalue weighted by Crippen LogP contribution is -2.15. The summed E-state index contributed by atoms with van der Waals surface area (Å²) in [7, 11) is 1.59. The first-order chi connectivity index (χ1) is 15.2. The maximum atomic E-state index is 12.7. The molecule has 2 aromatic carbocycles. The minimum atomic E-state index is -0.153. The number of furan rings is 1. The lowest BCUT2D eigenvalue weighted by atomic mass is 10.1. The highest BCUT2D eigenvalue weighted by atomic mass is 32.2. The van der Waals surface area contributed by atoms with Gasteiger partial charge in [-0.3, -0.25) is 4.79 Å². The number of aromatic nitrogens is 3. The van der Waals surface area contributed by atoms with Gasteiger partial charge in [0.25, 0.3) is 0 Å². The first-order valence-electron chi connectivity index (χ1n) is 10.1. The molecule has 0 bridgehead atoms. The highest BCUT2D eigenvalue weighted by Gasteiger charge is 2.30. The minimum Gasteiger partial charge on any atom is -0.495 e. The quantitative estimate of drug-likeness (QED) is 0.311. The van der Waals surface area contributed by atoms with Crippen molar-refractivity contribution in [2.75, 3.05) is 18.2 Å². The van der Waals surface area contributed by atoms with E-state index >= 15 is 0 Å². The fourth-order valence-corrected chi connectivity index (χ4v) is 4.44. The smallest absolute Gasteiger partial charge is 0.234 e. The van der Waals surface area contributed by atoms with E-state index in [1.165, 1.54) is 11.8 Å². The van der Waals surface area contributed by atoms with Gasteiger partial charge in [0.05, 0.1) is 18.6 Å². The summed E-state index contributed by atoms with van der Waals surface area (Å²) >= 11 is 1.37. The van der Waals surface area contributed by atoms with Crippen LogP contribution in [0.2, 0.25) is 0 Å². The van der Waals surface area contributed by atoms with Gasteiger partial charge in [0.2, 0.25) is 5.91 Å². The predicted molar refractivity (Wildman–Crippen MR) is 122 cm³/mol. The van der Waals surface area contributed by atoms with E-state index in [9.17, 15) is 4.79 Å². The number of ether oxygens (including phenoxy) is 1. The number of benzene rings is 2. The van der Waals surface area contributed by atoms with Gasteiger partial charge in [-0.1, -0.05) is 36.0 Å². The third kappa shape index (κ3) is 3.79. The number of hydrogen-bond acceptors (Lipinski definition) is 6. The van der Waals surface area contributed by atoms with Crippen LogP contribution >= 0.6 is 11.8 Å². The van der Waals surface area contributed by atoms with E-state index in [2.05, 4.69) is 22.1 Å². The van der Waals surface area contributed by atoms with Crippen LogP contribution in [-0.2, 0) is 11.3 Å². The molecule has 0 unspecified atom stereocenters. The maximum absolute atomic E-state index is 12.7. The van der Waals surface area contributed by atoms with Crippen molar-refractivity contribution >= 4 is 45.3 Å². The number of para-hydroxylation sites is 1. The average molecular weight is 435 g/mol. The molecule has 2 heterocycles. The molecule has 0 atom stereocenters. The number of nitrogens with zero attached hydrogens (tertiary/aromatic N) is 3. The van der Waals surface area contributed by atoms with Crippen molar-refractivity contribution in [3.8, 4) is 5.75 Å². The van der Waals surface area contributed by atoms with Gasteiger partial charge in [0.15, 0.2) is 5.16 Å². The molecule has 7 nitrogen and oxygen atoms in total. The number of carbonyl (C=O) groups excluding carboxylic acids is 1. The van der Waals surface area contributed by atoms with E-state index in [4.69, 9.17) is 9.15 Å². The van der Waals surface area contributed by atoms with Gasteiger partial charge in [-0.2, -0.15) is 0 Å². The Hall–Kier alpha value is -3.26. The second-order valence-electron chi connectivity index (χ2n) is 7.50. The molecular formula is C23H22N4O3S. The molecule has 1 aliphatic rings. The van der Waals surface area contributed by atoms with Gasteiger partial charge in [0, 0.05) is 29.3 Å². The Morgan fingerprint density at radius 1 is 1.29 bits per heavy atom. The number of thioether (sulfide) groups is 1. The van der Waals surface area contributed by atoms with Crippen LogP contribution in [0.1, 0.15) is 24.6 Å². The topological polar surface area (TPSA) is 82.2 Å². The number of fused-ring (bicyclic) bond motifs is 3. The molecule has 4 aromatic rings. The Kier molecular flexibility index (Phi) is 5.15. The first kappa shape index (κ1) is 19.7. The molecule has 2 aromatic heterocycles. The van der Waals surface area contributed by atoms with Gasteiger partial charge in [0.1, 0.15) is 22.7 Å². The molecule has 1 amide bonds. The number of anilines is 1. The number of amides is 1. The lowest BCUT2D eigenvalue weighted by molar-refractivity contribution is -0.113. The van der Waals surface area contributed by atoms with Crippen molar-refractivity contribution in [2.45, 2.75) is 30.5 Å². The van der Waals surface area contributed by atoms with Crippen LogP contribution in [0.15, 0.2) is 58.6 Å². The molecule has 158 valence electrons. The SMILES string of the molecule is C=CCn1c(SCC(=O)Nc2cc3oc4ccccc4c3cc2OC)nnc1C1CC1. The van der Waals surface area contributed by atoms with E-state index in [1.54, 1.807) is 7.11 Å². The molecular weight excluding hydrogens is 412 g/mol. The summed E-state index contributed by atoms with van der Waals surface area (Å²) in [6, 6.07) is 11.5. The molecule has 0 radical (unpaired) electrons. The van der Waals surface area contributed by atoms with Crippen molar-refractivity contribution in [1.29, 1.82) is 0 Å². The van der Waals surface area contributed by atoms with Crippen LogP contribution in [0, 0.1) is 0 Å². The van der Waals surface area contributed by atoms with Crippen LogP contribution < -0.4 is 10.1 Å². The molecule has 31 heavy (non-hydrogen) atoms. The number of carbonyl (C=O) groups is 1. The standard InChI is InChI=1S/C23H22N4O3S/c1-3-10-27-22(14-8-9-14)25-26-23(27)31-13-21(28)24-17-12-19-16(11-20(17)29-2)15-6-4-5-7-18(15)30-19/h3-7,11-12,14H,1,8-10,13H2,2H3,(H,24,28). The van der Waals surface area contributed by atoms with Crippen LogP contribution in [0.4, 0.5) is 5.69 Å². The molecule has 1 aliphatic carbocycles. The number of nitrogens with one attached hydrogen (secondary N) is 1. The summed E-state index contributed by atoms with van der Waals surface area (Å²) in [4.78, 5) is 12.7. The molecule has 1 saturated carbocycles. The van der Waals surface area contributed by atoms with Gasteiger partial charge < -0.3 is 19.0 Å². The largest absolute Gasteiger partial charge is 0.495 e. The highest BCUT2D eigenvalue weighted by Crippen LogP contribution is 2.40. The molecule has 8 heteroatoms. The van der Waals surface area contributed by atoms with E-state index in [0.29, 0.717) is 29.5 Å². The summed E-state index contributed by atoms with van der Waals surface area (Å²) < 4.78 is 13.5. The van der Waals surface area contributed by atoms with E-state index in [0.717, 1.165) is 40.2 Å². The zero-order valence-electron chi connectivity index (χ0n) is 17.1. The van der Waals surface area contributed by atoms with Gasteiger partial charge in [-0.25, -0.2) is 0 Å². The number of methoxy groups -OCH3 is 1. The maximum Gasteiger partial charge on any atom is 0.234 e. The van der Waals surface area contributed by atoms with Gasteiger partial charge in [-0.15, -0.1) is 16.8 Å². The molecule has 1 N–H and O–H groups in total. The molecule has 0 saturated heterocycles. The Balaban J connectivity index is 1.34. The first-order valence-corrected chi connectivity index (χ1v) is 11.1. The summed E-state index contributed by atoms with van der Waals surface area (Å²) in [5.74, 6) is 2.11. The molecule has 0 spiro atoms. The average Bonchev–Trinajstić information content (AvgIpc) is 3.45. The van der Waals surface area contributed by atoms with Crippen LogP contribution in [0.5, 0.6) is 5.75 Å². The van der Waals surface area contributed by atoms with Crippen LogP contribution in [0.25, 0.3) is 21.9 Å². The van der Waals surface area contributed by atoms with Crippen LogP contribution in [-0.4, -0.2) is 33.5 Å². The summed E-state index contributed by atoms with van der Waals surface area (Å²) in [5, 5.41) is 14.2. The van der Waals surface area contributed by atoms with Crippen molar-refractivity contribution in [3.63, 3.8) is 0 Å². The zero-order valence-corrected chi connectivity index (χ0v) is 17.9. The van der Waals surface area contributed by atoms with E-state index < -0.39 is 0 Å². The third-order valence-corrected chi connectivity index (χ3v) is 6.27. The fraction of sp³-hybridized carbons (Fsp3) is 0.261. The molecule has 5 rings (SSSR count). The highest BCUT2D eigenvalue weighted by molar-refractivity contribution is 7.99. The lowest BCUT2D eigenvalue weighted by Gasteiger charge is -2.11. The van der Waals surface area contributed by atoms with E-state index in [1.807, 2.05) is 47.0 Å². The number of rotatable bonds is 8. The summed E-state index contributed by atoms with van der Waals surface area (Å²) in [6.45, 7) is 4.46. The predicted octanol–water partition coefficient (Wildman–Crippen LogP) is 4.98. The zero-order chi connectivity index (χ0) is 21.4. The monoisotopic (exact) mass is 434 g/mol. The normalized spacial score (nSPS) is 13.6. The molecule has 1 fully saturated rings. The summed E-state index contributed by atoms with van der Waals surface area (Å²) in [6.07, 6.45) is 4.11. The Bertz CT molecular complexity index is 1290. The second-order valence-corrected chi connectivity index (χ2v) is 8.44. The minimum absolute atomic E-state index is 0.153.